The first kappa shape index (κ1) is 15.4. The molecule has 0 saturated carbocycles. The molecular weight excluding hydrogens is 314 g/mol. The Morgan fingerprint density at radius 1 is 1.33 bits per heavy atom. The van der Waals surface area contributed by atoms with Crippen molar-refractivity contribution in [2.45, 2.75) is 11.3 Å². The minimum atomic E-state index is -3.95. The molecule has 7 nitrogen and oxygen atoms in total. The maximum absolute atomic E-state index is 12.1. The quantitative estimate of drug-likeness (QED) is 0.476. The zero-order valence-corrected chi connectivity index (χ0v) is 12.5. The largest absolute Gasteiger partial charge is 0.399 e. The number of sulfonamides is 1. The molecule has 112 valence electrons. The molecule has 2 rings (SSSR count). The second-order valence-corrected chi connectivity index (χ2v) is 6.78. The summed E-state index contributed by atoms with van der Waals surface area (Å²) in [6.45, 7) is 0.167. The molecule has 0 aliphatic rings. The molecule has 0 spiro atoms. The number of rotatable bonds is 6. The summed E-state index contributed by atoms with van der Waals surface area (Å²) in [5.74, 6) is 0. The van der Waals surface area contributed by atoms with Crippen molar-refractivity contribution in [1.29, 1.82) is 0 Å². The van der Waals surface area contributed by atoms with Gasteiger partial charge in [-0.05, 0) is 40.9 Å². The predicted molar refractivity (Wildman–Crippen MR) is 80.7 cm³/mol. The van der Waals surface area contributed by atoms with E-state index < -0.39 is 20.6 Å². The smallest absolute Gasteiger partial charge is 0.291 e. The Hall–Kier alpha value is -1.97. The first-order chi connectivity index (χ1) is 9.90. The van der Waals surface area contributed by atoms with Crippen molar-refractivity contribution >= 4 is 32.7 Å². The molecule has 0 aliphatic heterocycles. The van der Waals surface area contributed by atoms with Crippen LogP contribution in [0, 0.1) is 10.1 Å². The van der Waals surface area contributed by atoms with E-state index in [-0.39, 0.29) is 17.1 Å². The first-order valence-electron chi connectivity index (χ1n) is 5.95. The normalized spacial score (nSPS) is 11.4. The van der Waals surface area contributed by atoms with E-state index in [0.29, 0.717) is 6.42 Å². The van der Waals surface area contributed by atoms with Crippen molar-refractivity contribution in [3.8, 4) is 0 Å². The molecule has 2 aromatic rings. The third kappa shape index (κ3) is 3.78. The Balaban J connectivity index is 2.17. The van der Waals surface area contributed by atoms with Crippen molar-refractivity contribution in [2.75, 3.05) is 12.3 Å². The van der Waals surface area contributed by atoms with E-state index in [2.05, 4.69) is 4.72 Å². The number of benzene rings is 1. The van der Waals surface area contributed by atoms with Gasteiger partial charge in [-0.25, -0.2) is 13.1 Å². The van der Waals surface area contributed by atoms with E-state index >= 15 is 0 Å². The summed E-state index contributed by atoms with van der Waals surface area (Å²) in [7, 11) is -3.95. The number of anilines is 1. The second-order valence-electron chi connectivity index (χ2n) is 4.26. The molecule has 9 heteroatoms. The molecule has 0 fully saturated rings. The van der Waals surface area contributed by atoms with Crippen molar-refractivity contribution in [1.82, 2.24) is 4.72 Å². The van der Waals surface area contributed by atoms with Crippen molar-refractivity contribution in [3.63, 3.8) is 0 Å². The molecule has 3 N–H and O–H groups in total. The van der Waals surface area contributed by atoms with Crippen molar-refractivity contribution in [2.24, 2.45) is 0 Å². The Bertz CT molecular complexity index is 742. The van der Waals surface area contributed by atoms with Gasteiger partial charge in [0, 0.05) is 18.3 Å². The number of nitrogen functional groups attached to an aromatic ring is 1. The second kappa shape index (κ2) is 6.20. The maximum Gasteiger partial charge on any atom is 0.291 e. The summed E-state index contributed by atoms with van der Waals surface area (Å²) < 4.78 is 26.6. The number of nitrogens with one attached hydrogen (secondary N) is 1. The number of nitro benzene ring substituents is 1. The number of nitro groups is 1. The Kier molecular flexibility index (Phi) is 4.56. The van der Waals surface area contributed by atoms with Gasteiger partial charge in [0.2, 0.25) is 10.0 Å². The molecule has 0 unspecified atom stereocenters. The van der Waals surface area contributed by atoms with Crippen molar-refractivity contribution < 1.29 is 13.3 Å². The summed E-state index contributed by atoms with van der Waals surface area (Å²) in [4.78, 5) is 9.80. The van der Waals surface area contributed by atoms with Crippen LogP contribution in [0.15, 0.2) is 39.9 Å². The summed E-state index contributed by atoms with van der Waals surface area (Å²) in [5, 5.41) is 14.8. The number of thiophene rings is 1. The van der Waals surface area contributed by atoms with Crippen LogP contribution >= 0.6 is 11.3 Å². The van der Waals surface area contributed by atoms with Gasteiger partial charge in [-0.15, -0.1) is 0 Å². The van der Waals surface area contributed by atoms with Crippen LogP contribution in [0.5, 0.6) is 0 Å². The van der Waals surface area contributed by atoms with Crippen LogP contribution in [-0.4, -0.2) is 19.9 Å². The van der Waals surface area contributed by atoms with E-state index in [0.717, 1.165) is 17.7 Å². The van der Waals surface area contributed by atoms with Crippen LogP contribution in [0.1, 0.15) is 5.56 Å². The highest BCUT2D eigenvalue weighted by atomic mass is 32.2. The third-order valence-corrected chi connectivity index (χ3v) is 5.00. The topological polar surface area (TPSA) is 115 Å². The standard InChI is InChI=1S/C12H13N3O4S2/c13-10-1-2-12(11(7-10)15(16)17)21(18,19)14-5-3-9-4-6-20-8-9/h1-2,4,6-8,14H,3,5,13H2. The molecular formula is C12H13N3O4S2. The van der Waals surface area contributed by atoms with E-state index in [4.69, 9.17) is 5.73 Å². The van der Waals surface area contributed by atoms with Gasteiger partial charge in [0.05, 0.1) is 4.92 Å². The Morgan fingerprint density at radius 3 is 2.71 bits per heavy atom. The van der Waals surface area contributed by atoms with Gasteiger partial charge in [0.25, 0.3) is 5.69 Å². The zero-order valence-electron chi connectivity index (χ0n) is 10.9. The fourth-order valence-electron chi connectivity index (χ4n) is 1.75. The zero-order chi connectivity index (χ0) is 15.5. The molecule has 1 heterocycles. The van der Waals surface area contributed by atoms with E-state index in [1.807, 2.05) is 16.8 Å². The summed E-state index contributed by atoms with van der Waals surface area (Å²) in [6.07, 6.45) is 0.519. The van der Waals surface area contributed by atoms with Crippen LogP contribution in [0.4, 0.5) is 11.4 Å². The SMILES string of the molecule is Nc1ccc(S(=O)(=O)NCCc2ccsc2)c([N+](=O)[O-])c1. The Labute approximate surface area is 125 Å². The van der Waals surface area contributed by atoms with Gasteiger partial charge in [-0.1, -0.05) is 0 Å². The van der Waals surface area contributed by atoms with Crippen molar-refractivity contribution in [3.05, 3.63) is 50.7 Å². The van der Waals surface area contributed by atoms with Gasteiger partial charge in [-0.3, -0.25) is 10.1 Å². The van der Waals surface area contributed by atoms with Crippen LogP contribution in [-0.2, 0) is 16.4 Å². The van der Waals surface area contributed by atoms with Crippen LogP contribution in [0.3, 0.4) is 0 Å². The monoisotopic (exact) mass is 327 g/mol. The molecule has 0 aliphatic carbocycles. The molecule has 0 atom stereocenters. The molecule has 21 heavy (non-hydrogen) atoms. The first-order valence-corrected chi connectivity index (χ1v) is 8.37. The Morgan fingerprint density at radius 2 is 2.10 bits per heavy atom. The lowest BCUT2D eigenvalue weighted by Crippen LogP contribution is -2.26. The predicted octanol–water partition coefficient (Wildman–Crippen LogP) is 1.76. The van der Waals surface area contributed by atoms with Crippen LogP contribution in [0.2, 0.25) is 0 Å². The van der Waals surface area contributed by atoms with Gasteiger partial charge in [0.15, 0.2) is 4.90 Å². The summed E-state index contributed by atoms with van der Waals surface area (Å²) in [5.41, 5.74) is 6.07. The molecule has 1 aromatic carbocycles. The van der Waals surface area contributed by atoms with Gasteiger partial charge < -0.3 is 5.73 Å². The summed E-state index contributed by atoms with van der Waals surface area (Å²) in [6, 6.07) is 5.39. The van der Waals surface area contributed by atoms with E-state index in [1.54, 1.807) is 0 Å². The molecule has 0 amide bonds. The highest BCUT2D eigenvalue weighted by Crippen LogP contribution is 2.25. The molecule has 1 aromatic heterocycles. The highest BCUT2D eigenvalue weighted by Gasteiger charge is 2.25. The third-order valence-electron chi connectivity index (χ3n) is 2.76. The van der Waals surface area contributed by atoms with E-state index in [1.165, 1.54) is 17.4 Å². The number of hydrogen-bond acceptors (Lipinski definition) is 6. The lowest BCUT2D eigenvalue weighted by atomic mass is 10.2. The van der Waals surface area contributed by atoms with Gasteiger partial charge >= 0.3 is 0 Å². The van der Waals surface area contributed by atoms with E-state index in [9.17, 15) is 18.5 Å². The number of hydrogen-bond donors (Lipinski definition) is 2. The van der Waals surface area contributed by atoms with Gasteiger partial charge in [0.1, 0.15) is 0 Å². The maximum atomic E-state index is 12.1. The van der Waals surface area contributed by atoms with Gasteiger partial charge in [-0.2, -0.15) is 11.3 Å². The minimum absolute atomic E-state index is 0.138. The molecule has 0 saturated heterocycles. The lowest BCUT2D eigenvalue weighted by Gasteiger charge is -2.07. The molecule has 0 radical (unpaired) electrons. The average Bonchev–Trinajstić information content (AvgIpc) is 2.91. The molecule has 0 bridgehead atoms. The van der Waals surface area contributed by atoms with Crippen LogP contribution in [0.25, 0.3) is 0 Å². The number of nitrogens with two attached hydrogens (primary N) is 1. The lowest BCUT2D eigenvalue weighted by molar-refractivity contribution is -0.387. The number of nitrogens with zero attached hydrogens (tertiary/aromatic N) is 1. The fourth-order valence-corrected chi connectivity index (χ4v) is 3.63. The fraction of sp³-hybridized carbons (Fsp3) is 0.167. The highest BCUT2D eigenvalue weighted by molar-refractivity contribution is 7.89. The summed E-state index contributed by atoms with van der Waals surface area (Å²) >= 11 is 1.52. The average molecular weight is 327 g/mol. The van der Waals surface area contributed by atoms with Crippen LogP contribution < -0.4 is 10.5 Å². The minimum Gasteiger partial charge on any atom is -0.399 e.